The van der Waals surface area contributed by atoms with Gasteiger partial charge in [0.05, 0.1) is 25.3 Å². The van der Waals surface area contributed by atoms with Gasteiger partial charge in [0.2, 0.25) is 0 Å². The number of nitrogens with one attached hydrogen (secondary N) is 1. The van der Waals surface area contributed by atoms with Crippen molar-refractivity contribution in [3.05, 3.63) is 61.9 Å². The number of alkyl halides is 2. The molecule has 0 bridgehead atoms. The van der Waals surface area contributed by atoms with Gasteiger partial charge in [-0.25, -0.2) is 22.9 Å². The van der Waals surface area contributed by atoms with E-state index in [0.717, 1.165) is 0 Å². The Hall–Kier alpha value is -2.81. The number of carbonyl (C=O) groups excluding carboxylic acids is 1. The minimum atomic E-state index is -2.97. The Morgan fingerprint density at radius 1 is 1.38 bits per heavy atom. The number of esters is 1. The van der Waals surface area contributed by atoms with Crippen molar-refractivity contribution in [3.8, 4) is 0 Å². The van der Waals surface area contributed by atoms with Crippen LogP contribution in [-0.2, 0) is 14.3 Å². The van der Waals surface area contributed by atoms with Crippen molar-refractivity contribution in [2.45, 2.75) is 37.8 Å². The number of aromatic nitrogens is 1. The predicted octanol–water partition coefficient (Wildman–Crippen LogP) is 4.07. The third-order valence-corrected chi connectivity index (χ3v) is 8.06. The van der Waals surface area contributed by atoms with E-state index in [1.807, 2.05) is 0 Å². The van der Waals surface area contributed by atoms with Gasteiger partial charge >= 0.3 is 11.9 Å². The number of carboxylic acids is 1. The van der Waals surface area contributed by atoms with E-state index in [0.29, 0.717) is 26.6 Å². The zero-order valence-electron chi connectivity index (χ0n) is 21.9. The number of hydrogen-bond acceptors (Lipinski definition) is 9. The normalized spacial score (nSPS) is 21.2. The molecular formula is C26H29BrF3N5O4S. The lowest BCUT2D eigenvalue weighted by molar-refractivity contribution is -0.140. The van der Waals surface area contributed by atoms with Crippen LogP contribution in [0.2, 0.25) is 0 Å². The Bertz CT molecular complexity index is 1310. The first kappa shape index (κ1) is 30.2. The lowest BCUT2D eigenvalue weighted by atomic mass is 9.93. The Morgan fingerprint density at radius 2 is 2.15 bits per heavy atom. The average molecular weight is 645 g/mol. The van der Waals surface area contributed by atoms with Crippen LogP contribution in [-0.4, -0.2) is 89.5 Å². The zero-order chi connectivity index (χ0) is 29.0. The molecule has 2 aromatic rings. The van der Waals surface area contributed by atoms with Crippen LogP contribution in [0.1, 0.15) is 36.4 Å². The van der Waals surface area contributed by atoms with Gasteiger partial charge < -0.3 is 15.2 Å². The quantitative estimate of drug-likeness (QED) is 0.373. The first-order valence-corrected chi connectivity index (χ1v) is 14.3. The topological polar surface area (TPSA) is 107 Å². The fourth-order valence-electron chi connectivity index (χ4n) is 4.88. The summed E-state index contributed by atoms with van der Waals surface area (Å²) in [5.74, 6) is -4.82. The zero-order valence-corrected chi connectivity index (χ0v) is 24.3. The fraction of sp³-hybridized carbons (Fsp3) is 0.462. The standard InChI is InChI=1S/C26H29BrF3N5O4S/c1-3-39-25(38)21-19(12-35-14-26(29,30)7-6-16(35)11-34(2)13-20(36)37)32-23(24-31-8-9-40-24)33-22(21)17-5-4-15(28)10-18(17)27/h4-5,8-10,16,22H,3,6-7,11-14H2,1-2H3,(H,32,33)(H,36,37). The van der Waals surface area contributed by atoms with Crippen molar-refractivity contribution < 1.29 is 32.6 Å². The van der Waals surface area contributed by atoms with Crippen LogP contribution in [0.15, 0.2) is 50.5 Å². The number of rotatable bonds is 10. The maximum atomic E-state index is 14.7. The molecular weight excluding hydrogens is 615 g/mol. The molecule has 40 heavy (non-hydrogen) atoms. The Kier molecular flexibility index (Phi) is 9.64. The van der Waals surface area contributed by atoms with Gasteiger partial charge in [0, 0.05) is 47.3 Å². The highest BCUT2D eigenvalue weighted by Crippen LogP contribution is 2.38. The van der Waals surface area contributed by atoms with Crippen LogP contribution in [0.25, 0.3) is 0 Å². The number of carbonyl (C=O) groups is 2. The number of benzene rings is 1. The summed E-state index contributed by atoms with van der Waals surface area (Å²) in [6.45, 7) is 1.06. The number of amidine groups is 1. The maximum absolute atomic E-state index is 14.7. The molecule has 0 saturated carbocycles. The Labute approximate surface area is 241 Å². The van der Waals surface area contributed by atoms with E-state index in [1.54, 1.807) is 35.3 Å². The molecule has 3 heterocycles. The van der Waals surface area contributed by atoms with Gasteiger partial charge in [0.25, 0.3) is 5.92 Å². The first-order valence-electron chi connectivity index (χ1n) is 12.6. The van der Waals surface area contributed by atoms with Crippen molar-refractivity contribution in [1.29, 1.82) is 0 Å². The van der Waals surface area contributed by atoms with Gasteiger partial charge in [-0.15, -0.1) is 11.3 Å². The summed E-state index contributed by atoms with van der Waals surface area (Å²) < 4.78 is 49.1. The molecule has 2 aliphatic rings. The third kappa shape index (κ3) is 7.28. The first-order chi connectivity index (χ1) is 19.0. The van der Waals surface area contributed by atoms with E-state index in [-0.39, 0.29) is 44.7 Å². The minimum Gasteiger partial charge on any atom is -0.480 e. The summed E-state index contributed by atoms with van der Waals surface area (Å²) in [5, 5.41) is 14.6. The summed E-state index contributed by atoms with van der Waals surface area (Å²) in [4.78, 5) is 36.8. The molecule has 4 rings (SSSR count). The number of halogens is 4. The van der Waals surface area contributed by atoms with E-state index < -0.39 is 42.3 Å². The molecule has 2 N–H and O–H groups in total. The van der Waals surface area contributed by atoms with Gasteiger partial charge in [0.1, 0.15) is 11.9 Å². The Morgan fingerprint density at radius 3 is 2.80 bits per heavy atom. The fourth-order valence-corrected chi connectivity index (χ4v) is 6.04. The molecule has 1 saturated heterocycles. The highest BCUT2D eigenvalue weighted by atomic mass is 79.9. The molecule has 2 atom stereocenters. The summed E-state index contributed by atoms with van der Waals surface area (Å²) in [7, 11) is 1.62. The molecule has 1 aromatic heterocycles. The van der Waals surface area contributed by atoms with Crippen molar-refractivity contribution >= 4 is 45.0 Å². The number of likely N-dealkylation sites (tertiary alicyclic amines) is 1. The summed E-state index contributed by atoms with van der Waals surface area (Å²) in [6.07, 6.45) is 1.40. The van der Waals surface area contributed by atoms with Gasteiger partial charge in [-0.2, -0.15) is 0 Å². The van der Waals surface area contributed by atoms with Crippen LogP contribution in [0.4, 0.5) is 13.2 Å². The monoisotopic (exact) mass is 643 g/mol. The van der Waals surface area contributed by atoms with Crippen LogP contribution in [0.3, 0.4) is 0 Å². The highest BCUT2D eigenvalue weighted by Gasteiger charge is 2.42. The SMILES string of the molecule is CCOC(=O)C1=C(CN2CC(F)(F)CCC2CN(C)CC(=O)O)NC(c2nccs2)=NC1c1ccc(F)cc1Br. The van der Waals surface area contributed by atoms with Crippen molar-refractivity contribution in [1.82, 2.24) is 20.1 Å². The minimum absolute atomic E-state index is 0.0698. The third-order valence-electron chi connectivity index (χ3n) is 6.60. The van der Waals surface area contributed by atoms with Crippen LogP contribution < -0.4 is 5.32 Å². The second kappa shape index (κ2) is 12.8. The number of hydrogen-bond donors (Lipinski definition) is 2. The molecule has 9 nitrogen and oxygen atoms in total. The van der Waals surface area contributed by atoms with Gasteiger partial charge in [-0.1, -0.05) is 22.0 Å². The molecule has 216 valence electrons. The lowest BCUT2D eigenvalue weighted by Crippen LogP contribution is -2.54. The number of likely N-dealkylation sites (N-methyl/N-ethyl adjacent to an activating group) is 1. The predicted molar refractivity (Wildman–Crippen MR) is 147 cm³/mol. The molecule has 2 unspecified atom stereocenters. The Balaban J connectivity index is 1.79. The molecule has 0 amide bonds. The largest absolute Gasteiger partial charge is 0.480 e. The van der Waals surface area contributed by atoms with Crippen molar-refractivity contribution in [2.75, 3.05) is 39.8 Å². The number of carboxylic acid groups (broad SMARTS) is 1. The molecule has 0 radical (unpaired) electrons. The van der Waals surface area contributed by atoms with E-state index >= 15 is 0 Å². The van der Waals surface area contributed by atoms with Crippen LogP contribution in [0.5, 0.6) is 0 Å². The molecule has 0 aliphatic carbocycles. The summed E-state index contributed by atoms with van der Waals surface area (Å²) in [5.41, 5.74) is 0.906. The smallest absolute Gasteiger partial charge is 0.338 e. The lowest BCUT2D eigenvalue weighted by Gasteiger charge is -2.42. The number of aliphatic carboxylic acids is 1. The van der Waals surface area contributed by atoms with Gasteiger partial charge in [-0.05, 0) is 38.1 Å². The maximum Gasteiger partial charge on any atom is 0.338 e. The van der Waals surface area contributed by atoms with Gasteiger partial charge in [-0.3, -0.25) is 19.6 Å². The van der Waals surface area contributed by atoms with Crippen LogP contribution in [0, 0.1) is 5.82 Å². The van der Waals surface area contributed by atoms with E-state index in [1.165, 1.54) is 29.5 Å². The molecule has 14 heteroatoms. The molecule has 1 aromatic carbocycles. The highest BCUT2D eigenvalue weighted by molar-refractivity contribution is 9.10. The molecule has 1 fully saturated rings. The number of piperidine rings is 1. The average Bonchev–Trinajstić information content (AvgIpc) is 3.40. The van der Waals surface area contributed by atoms with E-state index in [2.05, 4.69) is 26.2 Å². The van der Waals surface area contributed by atoms with Gasteiger partial charge in [0.15, 0.2) is 10.8 Å². The van der Waals surface area contributed by atoms with Crippen LogP contribution >= 0.6 is 27.3 Å². The molecule has 0 spiro atoms. The number of thiazole rings is 1. The van der Waals surface area contributed by atoms with Crippen molar-refractivity contribution in [2.24, 2.45) is 4.99 Å². The van der Waals surface area contributed by atoms with Crippen molar-refractivity contribution in [3.63, 3.8) is 0 Å². The van der Waals surface area contributed by atoms with E-state index in [4.69, 9.17) is 9.73 Å². The second-order valence-corrected chi connectivity index (χ2v) is 11.4. The van der Waals surface area contributed by atoms with E-state index in [9.17, 15) is 27.9 Å². The number of aliphatic imine (C=N–C) groups is 1. The number of nitrogens with zero attached hydrogens (tertiary/aromatic N) is 4. The summed E-state index contributed by atoms with van der Waals surface area (Å²) >= 11 is 4.68. The number of ether oxygens (including phenoxy) is 1. The summed E-state index contributed by atoms with van der Waals surface area (Å²) in [6, 6.07) is 2.68. The molecule has 2 aliphatic heterocycles. The second-order valence-electron chi connectivity index (χ2n) is 9.66.